The van der Waals surface area contributed by atoms with Crippen LogP contribution in [0.25, 0.3) is 0 Å². The zero-order valence-corrected chi connectivity index (χ0v) is 23.6. The van der Waals surface area contributed by atoms with Gasteiger partial charge >= 0.3 is 0 Å². The Morgan fingerprint density at radius 1 is 1.05 bits per heavy atom. The van der Waals surface area contributed by atoms with E-state index in [-0.39, 0.29) is 30.2 Å². The molecule has 2 aromatic rings. The summed E-state index contributed by atoms with van der Waals surface area (Å²) in [4.78, 5) is 43.9. The van der Waals surface area contributed by atoms with Crippen LogP contribution >= 0.6 is 0 Å². The minimum atomic E-state index is -1.17. The van der Waals surface area contributed by atoms with Gasteiger partial charge in [-0.15, -0.1) is 0 Å². The molecule has 214 valence electrons. The van der Waals surface area contributed by atoms with Crippen molar-refractivity contribution >= 4 is 29.1 Å². The van der Waals surface area contributed by atoms with Gasteiger partial charge in [0.2, 0.25) is 17.7 Å². The monoisotopic (exact) mass is 549 g/mol. The third-order valence-electron chi connectivity index (χ3n) is 8.90. The Labute approximate surface area is 235 Å². The molecular weight excluding hydrogens is 510 g/mol. The van der Waals surface area contributed by atoms with E-state index in [1.807, 2.05) is 39.0 Å². The number of hydrogen-bond acceptors (Lipinski definition) is 6. The summed E-state index contributed by atoms with van der Waals surface area (Å²) in [7, 11) is 1.57. The number of carbonyl (C=O) groups is 3. The fraction of sp³-hybridized carbons (Fsp3) is 0.516. The lowest BCUT2D eigenvalue weighted by molar-refractivity contribution is -0.148. The Morgan fingerprint density at radius 2 is 1.70 bits per heavy atom. The van der Waals surface area contributed by atoms with E-state index in [1.165, 1.54) is 4.90 Å². The molecule has 2 bridgehead atoms. The molecule has 1 spiro atoms. The van der Waals surface area contributed by atoms with E-state index < -0.39 is 35.1 Å². The standard InChI is InChI=1S/C31H39N3O6/c1-5-30-15-16-31(40-30)25(24(30)27(36)32-20-9-7-6-8-10-20)29(38)34(22(18-35)17-19(2)3)26(31)28(37)33-21-11-13-23(39-4)14-12-21/h6-14,19,22,24-26,35H,5,15-18H2,1-4H3,(H,32,36)(H,33,37)/t22-,24+,25+,26?,30-,31?/m1/s1. The number of nitrogens with one attached hydrogen (secondary N) is 2. The van der Waals surface area contributed by atoms with Crippen molar-refractivity contribution in [2.75, 3.05) is 24.4 Å². The van der Waals surface area contributed by atoms with Crippen LogP contribution in [0, 0.1) is 17.8 Å². The van der Waals surface area contributed by atoms with Crippen molar-refractivity contribution in [2.45, 2.75) is 69.7 Å². The number of ether oxygens (including phenoxy) is 2. The highest BCUT2D eigenvalue weighted by molar-refractivity contribution is 6.05. The van der Waals surface area contributed by atoms with Crippen molar-refractivity contribution < 1.29 is 29.0 Å². The highest BCUT2D eigenvalue weighted by Gasteiger charge is 2.79. The zero-order valence-electron chi connectivity index (χ0n) is 23.6. The van der Waals surface area contributed by atoms with Crippen LogP contribution in [0.1, 0.15) is 46.5 Å². The fourth-order valence-corrected chi connectivity index (χ4v) is 7.19. The molecular formula is C31H39N3O6. The van der Waals surface area contributed by atoms with Crippen LogP contribution in [0.2, 0.25) is 0 Å². The number of para-hydroxylation sites is 1. The Bertz CT molecular complexity index is 1250. The number of likely N-dealkylation sites (tertiary alicyclic amines) is 1. The van der Waals surface area contributed by atoms with E-state index in [0.717, 1.165) is 0 Å². The summed E-state index contributed by atoms with van der Waals surface area (Å²) in [6, 6.07) is 14.5. The Kier molecular flexibility index (Phi) is 7.63. The number of anilines is 2. The van der Waals surface area contributed by atoms with Crippen LogP contribution < -0.4 is 15.4 Å². The molecule has 3 heterocycles. The maximum Gasteiger partial charge on any atom is 0.250 e. The number of methoxy groups -OCH3 is 1. The quantitative estimate of drug-likeness (QED) is 0.415. The number of amides is 3. The van der Waals surface area contributed by atoms with Gasteiger partial charge in [-0.2, -0.15) is 0 Å². The van der Waals surface area contributed by atoms with Gasteiger partial charge in [0.1, 0.15) is 17.4 Å². The van der Waals surface area contributed by atoms with E-state index in [4.69, 9.17) is 9.47 Å². The van der Waals surface area contributed by atoms with Crippen LogP contribution in [0.4, 0.5) is 11.4 Å². The first-order valence-electron chi connectivity index (χ1n) is 14.1. The first kappa shape index (κ1) is 28.1. The fourth-order valence-electron chi connectivity index (χ4n) is 7.19. The summed E-state index contributed by atoms with van der Waals surface area (Å²) < 4.78 is 12.0. The second kappa shape index (κ2) is 10.9. The molecule has 3 N–H and O–H groups in total. The normalized spacial score (nSPS) is 29.4. The molecule has 0 radical (unpaired) electrons. The molecule has 3 fully saturated rings. The van der Waals surface area contributed by atoms with Crippen LogP contribution in [-0.2, 0) is 19.1 Å². The lowest BCUT2D eigenvalue weighted by atomic mass is 9.65. The van der Waals surface area contributed by atoms with E-state index in [0.29, 0.717) is 42.8 Å². The van der Waals surface area contributed by atoms with Gasteiger partial charge in [-0.25, -0.2) is 0 Å². The molecule has 2 aromatic carbocycles. The number of hydrogen-bond donors (Lipinski definition) is 3. The highest BCUT2D eigenvalue weighted by Crippen LogP contribution is 2.64. The van der Waals surface area contributed by atoms with E-state index in [2.05, 4.69) is 10.6 Å². The SMILES string of the molecule is CC[C@]12CCC3(O1)C(C(=O)Nc1ccc(OC)cc1)N([C@@H](CO)CC(C)C)C(=O)[C@@H]3[C@H]2C(=O)Nc1ccccc1. The number of benzene rings is 2. The van der Waals surface area contributed by atoms with Crippen molar-refractivity contribution in [3.63, 3.8) is 0 Å². The van der Waals surface area contributed by atoms with Gasteiger partial charge in [0.15, 0.2) is 0 Å². The summed E-state index contributed by atoms with van der Waals surface area (Å²) in [5.74, 6) is -1.76. The van der Waals surface area contributed by atoms with Crippen molar-refractivity contribution in [2.24, 2.45) is 17.8 Å². The van der Waals surface area contributed by atoms with E-state index >= 15 is 0 Å². The molecule has 3 saturated heterocycles. The molecule has 0 saturated carbocycles. The van der Waals surface area contributed by atoms with Crippen molar-refractivity contribution in [3.8, 4) is 5.75 Å². The lowest BCUT2D eigenvalue weighted by Gasteiger charge is -2.37. The summed E-state index contributed by atoms with van der Waals surface area (Å²) in [5.41, 5.74) is -0.832. The second-order valence-corrected chi connectivity index (χ2v) is 11.6. The molecule has 6 atom stereocenters. The topological polar surface area (TPSA) is 117 Å². The van der Waals surface area contributed by atoms with Gasteiger partial charge < -0.3 is 30.1 Å². The molecule has 0 aromatic heterocycles. The Balaban J connectivity index is 1.55. The maximum absolute atomic E-state index is 14.4. The zero-order chi connectivity index (χ0) is 28.7. The van der Waals surface area contributed by atoms with Gasteiger partial charge in [0, 0.05) is 11.4 Å². The third-order valence-corrected chi connectivity index (χ3v) is 8.90. The molecule has 2 unspecified atom stereocenters. The molecule has 0 aliphatic carbocycles. The first-order chi connectivity index (χ1) is 19.2. The summed E-state index contributed by atoms with van der Waals surface area (Å²) in [5, 5.41) is 16.4. The number of rotatable bonds is 10. The molecule has 40 heavy (non-hydrogen) atoms. The predicted molar refractivity (Wildman–Crippen MR) is 151 cm³/mol. The Morgan fingerprint density at radius 3 is 2.30 bits per heavy atom. The highest BCUT2D eigenvalue weighted by atomic mass is 16.5. The summed E-state index contributed by atoms with van der Waals surface area (Å²) in [6.45, 7) is 5.70. The van der Waals surface area contributed by atoms with E-state index in [9.17, 15) is 19.5 Å². The molecule has 9 heteroatoms. The number of fused-ring (bicyclic) bond motifs is 1. The maximum atomic E-state index is 14.4. The molecule has 9 nitrogen and oxygen atoms in total. The summed E-state index contributed by atoms with van der Waals surface area (Å²) >= 11 is 0. The molecule has 3 aliphatic rings. The number of aliphatic hydroxyl groups is 1. The number of nitrogens with zero attached hydrogens (tertiary/aromatic N) is 1. The van der Waals surface area contributed by atoms with Crippen molar-refractivity contribution in [3.05, 3.63) is 54.6 Å². The van der Waals surface area contributed by atoms with E-state index in [1.54, 1.807) is 43.5 Å². The molecule has 5 rings (SSSR count). The minimum absolute atomic E-state index is 0.171. The third kappa shape index (κ3) is 4.55. The van der Waals surface area contributed by atoms with Crippen molar-refractivity contribution in [1.82, 2.24) is 4.90 Å². The lowest BCUT2D eigenvalue weighted by Crippen LogP contribution is -2.56. The first-order valence-corrected chi connectivity index (χ1v) is 14.1. The number of aliphatic hydroxyl groups excluding tert-OH is 1. The summed E-state index contributed by atoms with van der Waals surface area (Å²) in [6.07, 6.45) is 2.09. The van der Waals surface area contributed by atoms with Gasteiger partial charge in [-0.05, 0) is 68.0 Å². The average molecular weight is 550 g/mol. The van der Waals surface area contributed by atoms with Gasteiger partial charge in [-0.3, -0.25) is 14.4 Å². The predicted octanol–water partition coefficient (Wildman–Crippen LogP) is 3.83. The van der Waals surface area contributed by atoms with Crippen LogP contribution in [0.5, 0.6) is 5.75 Å². The smallest absolute Gasteiger partial charge is 0.250 e. The van der Waals surface area contributed by atoms with Gasteiger partial charge in [0.25, 0.3) is 0 Å². The number of carbonyl (C=O) groups excluding carboxylic acids is 3. The Hall–Kier alpha value is -3.43. The van der Waals surface area contributed by atoms with Gasteiger partial charge in [0.05, 0.1) is 37.2 Å². The van der Waals surface area contributed by atoms with Crippen molar-refractivity contribution in [1.29, 1.82) is 0 Å². The van der Waals surface area contributed by atoms with Crippen LogP contribution in [-0.4, -0.2) is 64.7 Å². The molecule has 3 amide bonds. The van der Waals surface area contributed by atoms with Crippen LogP contribution in [0.15, 0.2) is 54.6 Å². The largest absolute Gasteiger partial charge is 0.497 e. The average Bonchev–Trinajstić information content (AvgIpc) is 3.56. The van der Waals surface area contributed by atoms with Crippen LogP contribution in [0.3, 0.4) is 0 Å². The molecule has 3 aliphatic heterocycles. The second-order valence-electron chi connectivity index (χ2n) is 11.6. The minimum Gasteiger partial charge on any atom is -0.497 e. The van der Waals surface area contributed by atoms with Gasteiger partial charge in [-0.1, -0.05) is 39.0 Å².